The van der Waals surface area contributed by atoms with Crippen molar-refractivity contribution in [2.75, 3.05) is 41.7 Å². The number of carbonyl (C=O) groups is 2. The minimum Gasteiger partial charge on any atom is -0.493 e. The van der Waals surface area contributed by atoms with Crippen molar-refractivity contribution in [2.45, 2.75) is 230 Å². The van der Waals surface area contributed by atoms with E-state index in [2.05, 4.69) is 53.7 Å². The maximum absolute atomic E-state index is 14.3. The predicted octanol–water partition coefficient (Wildman–Crippen LogP) is 9.16. The van der Waals surface area contributed by atoms with Crippen molar-refractivity contribution >= 4 is 11.8 Å². The van der Waals surface area contributed by atoms with Crippen LogP contribution in [0.3, 0.4) is 0 Å². The minimum absolute atomic E-state index is 0.0317. The third-order valence-electron chi connectivity index (χ3n) is 20.6. The number of aliphatic hydroxyl groups excluding tert-OH is 2. The van der Waals surface area contributed by atoms with Gasteiger partial charge >= 0.3 is 5.97 Å². The lowest BCUT2D eigenvalue weighted by molar-refractivity contribution is -0.318. The SMILES string of the molecule is CCC(C)C1OC2(C=CC1C)CC1CC(CC=C(C)C(OC3CC(OC)C(OC4CC(OC)C(O)C(C)O4)C(C)O3)C(C)C=CC=C3COC4C(O)C(C)=CC(C(=O)O1)C34O)O2.COc1cc2c(cc1OC)C1C(=O)c3ccc4c(c3OC1CO2)CC(C(C)C)O4. The van der Waals surface area contributed by atoms with Crippen molar-refractivity contribution in [1.29, 1.82) is 0 Å². The van der Waals surface area contributed by atoms with Crippen LogP contribution in [-0.2, 0) is 58.6 Å². The number of fused-ring (bicyclic) bond motifs is 8. The Labute approximate surface area is 535 Å². The van der Waals surface area contributed by atoms with E-state index in [0.29, 0.717) is 84.3 Å². The summed E-state index contributed by atoms with van der Waals surface area (Å²) in [5.41, 5.74) is 2.51. The highest BCUT2D eigenvalue weighted by atomic mass is 16.7. The molecule has 500 valence electrons. The maximum Gasteiger partial charge on any atom is 0.316 e. The number of ether oxygens (including phenoxy) is 15. The Morgan fingerprint density at radius 1 is 0.791 bits per heavy atom. The second-order valence-electron chi connectivity index (χ2n) is 27.0. The summed E-state index contributed by atoms with van der Waals surface area (Å²) in [6.45, 7) is 20.7. The molecular formula is C71H96O20. The highest BCUT2D eigenvalue weighted by molar-refractivity contribution is 6.06. The second kappa shape index (κ2) is 27.6. The summed E-state index contributed by atoms with van der Waals surface area (Å²) in [7, 11) is 6.37. The van der Waals surface area contributed by atoms with Gasteiger partial charge in [-0.3, -0.25) is 9.59 Å². The minimum atomic E-state index is -1.84. The van der Waals surface area contributed by atoms with Crippen LogP contribution in [0.15, 0.2) is 83.5 Å². The van der Waals surface area contributed by atoms with Crippen LogP contribution in [0.1, 0.15) is 135 Å². The molecule has 0 amide bonds. The molecule has 0 radical (unpaired) electrons. The highest BCUT2D eigenvalue weighted by Gasteiger charge is 2.60. The molecule has 9 heterocycles. The number of hydrogen-bond acceptors (Lipinski definition) is 20. The summed E-state index contributed by atoms with van der Waals surface area (Å²) in [4.78, 5) is 27.9. The molecule has 4 saturated heterocycles. The van der Waals surface area contributed by atoms with E-state index in [4.69, 9.17) is 71.1 Å². The van der Waals surface area contributed by atoms with Gasteiger partial charge in [-0.1, -0.05) is 84.4 Å². The Balaban J connectivity index is 0.000000242. The van der Waals surface area contributed by atoms with Crippen molar-refractivity contribution in [3.63, 3.8) is 0 Å². The maximum atomic E-state index is 14.3. The first-order valence-electron chi connectivity index (χ1n) is 32.8. The predicted molar refractivity (Wildman–Crippen MR) is 333 cm³/mol. The van der Waals surface area contributed by atoms with E-state index in [9.17, 15) is 24.9 Å². The van der Waals surface area contributed by atoms with Crippen LogP contribution in [0.4, 0.5) is 0 Å². The molecule has 23 unspecified atom stereocenters. The quantitative estimate of drug-likeness (QED) is 0.140. The number of rotatable bonds is 11. The Bertz CT molecular complexity index is 3120. The molecule has 2 aromatic carbocycles. The van der Waals surface area contributed by atoms with Crippen LogP contribution in [0, 0.1) is 29.6 Å². The molecule has 3 N–H and O–H groups in total. The van der Waals surface area contributed by atoms with E-state index in [-0.39, 0.29) is 60.7 Å². The van der Waals surface area contributed by atoms with Crippen LogP contribution in [-0.4, -0.2) is 178 Å². The Morgan fingerprint density at radius 3 is 2.24 bits per heavy atom. The van der Waals surface area contributed by atoms with Crippen LogP contribution in [0.2, 0.25) is 0 Å². The molecule has 1 spiro atoms. The smallest absolute Gasteiger partial charge is 0.316 e. The van der Waals surface area contributed by atoms with Gasteiger partial charge < -0.3 is 86.4 Å². The average molecular weight is 1270 g/mol. The van der Waals surface area contributed by atoms with Gasteiger partial charge in [-0.15, -0.1) is 0 Å². The summed E-state index contributed by atoms with van der Waals surface area (Å²) < 4.78 is 92.8. The lowest BCUT2D eigenvalue weighted by Crippen LogP contribution is -2.58. The number of esters is 1. The summed E-state index contributed by atoms with van der Waals surface area (Å²) in [6, 6.07) is 7.32. The van der Waals surface area contributed by atoms with Gasteiger partial charge in [-0.05, 0) is 86.9 Å². The summed E-state index contributed by atoms with van der Waals surface area (Å²) in [5, 5.41) is 34.2. The molecule has 0 saturated carbocycles. The molecule has 2 aromatic rings. The summed E-state index contributed by atoms with van der Waals surface area (Å²) in [5.74, 6) is 0.676. The first-order valence-corrected chi connectivity index (χ1v) is 32.8. The van der Waals surface area contributed by atoms with Gasteiger partial charge in [0.15, 0.2) is 35.6 Å². The van der Waals surface area contributed by atoms with Crippen molar-refractivity contribution in [3.05, 3.63) is 100 Å². The number of methoxy groups -OCH3 is 4. The van der Waals surface area contributed by atoms with Crippen molar-refractivity contribution in [2.24, 2.45) is 29.6 Å². The first-order chi connectivity index (χ1) is 43.5. The molecule has 2 bridgehead atoms. The number of benzene rings is 2. The fourth-order valence-electron chi connectivity index (χ4n) is 15.0. The molecule has 23 atom stereocenters. The van der Waals surface area contributed by atoms with Gasteiger partial charge in [0.1, 0.15) is 78.1 Å². The number of aliphatic hydroxyl groups is 3. The van der Waals surface area contributed by atoms with Crippen LogP contribution in [0.5, 0.6) is 28.7 Å². The Kier molecular flexibility index (Phi) is 20.4. The Hall–Kier alpha value is -5.20. The van der Waals surface area contributed by atoms with E-state index in [1.54, 1.807) is 60.5 Å². The normalized spacial score (nSPS) is 39.6. The molecule has 12 rings (SSSR count). The standard InChI is InChI=1S/C48H72O14.C23H24O6/c1-11-25(2)43-28(5)17-18-47(62-43)23-34-20-33(61-47)16-15-27(4)42(26(3)13-12-14-32-24-55-45-40(49)29(6)19-35(46(51)58-34)48(32,45)52)59-39-22-37(54-10)44(31(8)57-39)60-38-21-36(53-9)41(50)30(7)56-38;1-11(2)16-8-14-15(28-16)6-5-12-22(24)21-13-7-18(25-3)19(26-4)9-17(13)27-10-20(21)29-23(12)14/h12-15,17-19,25-26,28,30-31,33-45,49-50,52H,11,16,20-24H2,1-10H3;5-7,9,11,16,20-21H,8,10H2,1-4H3. The van der Waals surface area contributed by atoms with Gasteiger partial charge in [0.2, 0.25) is 0 Å². The molecule has 91 heavy (non-hydrogen) atoms. The first kappa shape index (κ1) is 67.2. The molecule has 0 aromatic heterocycles. The third kappa shape index (κ3) is 13.2. The molecular weight excluding hydrogens is 1170 g/mol. The summed E-state index contributed by atoms with van der Waals surface area (Å²) >= 11 is 0. The zero-order valence-electron chi connectivity index (χ0n) is 55.2. The molecule has 20 heteroatoms. The molecule has 9 aliphatic heterocycles. The monoisotopic (exact) mass is 1270 g/mol. The van der Waals surface area contributed by atoms with Crippen molar-refractivity contribution in [3.8, 4) is 28.7 Å². The fourth-order valence-corrected chi connectivity index (χ4v) is 15.0. The number of hydrogen-bond donors (Lipinski definition) is 3. The molecule has 10 aliphatic rings. The van der Waals surface area contributed by atoms with Gasteiger partial charge in [0, 0.05) is 75.4 Å². The largest absolute Gasteiger partial charge is 0.493 e. The molecule has 4 fully saturated rings. The fraction of sp³-hybridized carbons (Fsp3) is 0.662. The summed E-state index contributed by atoms with van der Waals surface area (Å²) in [6.07, 6.45) is 9.02. The van der Waals surface area contributed by atoms with Gasteiger partial charge in [-0.2, -0.15) is 0 Å². The van der Waals surface area contributed by atoms with Crippen molar-refractivity contribution in [1.82, 2.24) is 0 Å². The van der Waals surface area contributed by atoms with Crippen LogP contribution >= 0.6 is 0 Å². The second-order valence-corrected chi connectivity index (χ2v) is 27.0. The van der Waals surface area contributed by atoms with E-state index in [1.165, 1.54) is 0 Å². The van der Waals surface area contributed by atoms with Gasteiger partial charge in [0.25, 0.3) is 0 Å². The Morgan fingerprint density at radius 2 is 1.52 bits per heavy atom. The van der Waals surface area contributed by atoms with Crippen molar-refractivity contribution < 1.29 is 96.0 Å². The van der Waals surface area contributed by atoms with E-state index in [0.717, 1.165) is 35.3 Å². The molecule has 1 aliphatic carbocycles. The lowest BCUT2D eigenvalue weighted by Gasteiger charge is -2.48. The number of ketones is 1. The van der Waals surface area contributed by atoms with E-state index >= 15 is 0 Å². The lowest BCUT2D eigenvalue weighted by atomic mass is 9.71. The third-order valence-corrected chi connectivity index (χ3v) is 20.6. The topological polar surface area (TPSA) is 233 Å². The zero-order chi connectivity index (χ0) is 65.0. The molecule has 20 nitrogen and oxygen atoms in total. The van der Waals surface area contributed by atoms with Crippen LogP contribution < -0.4 is 23.7 Å². The average Bonchev–Trinajstić information content (AvgIpc) is 1.71. The highest BCUT2D eigenvalue weighted by Crippen LogP contribution is 2.51. The van der Waals surface area contributed by atoms with E-state index < -0.39 is 96.7 Å². The number of allylic oxidation sites excluding steroid dienone is 2. The number of carbonyl (C=O) groups excluding carboxylic acids is 2. The van der Waals surface area contributed by atoms with Gasteiger partial charge in [-0.25, -0.2) is 0 Å². The number of Topliss-reactive ketones (excluding diaryl/α,β-unsaturated/α-hetero) is 1. The van der Waals surface area contributed by atoms with Gasteiger partial charge in [0.05, 0.1) is 75.0 Å². The zero-order valence-corrected chi connectivity index (χ0v) is 55.2. The van der Waals surface area contributed by atoms with E-state index in [1.807, 2.05) is 50.3 Å². The van der Waals surface area contributed by atoms with Crippen LogP contribution in [0.25, 0.3) is 0 Å².